The summed E-state index contributed by atoms with van der Waals surface area (Å²) in [5.41, 5.74) is 0.948. The van der Waals surface area contributed by atoms with Gasteiger partial charge in [0.2, 0.25) is 15.9 Å². The van der Waals surface area contributed by atoms with Gasteiger partial charge in [-0.1, -0.05) is 48.5 Å². The summed E-state index contributed by atoms with van der Waals surface area (Å²) in [7, 11) is -3.74. The van der Waals surface area contributed by atoms with Gasteiger partial charge in [0.05, 0.1) is 23.0 Å². The summed E-state index contributed by atoms with van der Waals surface area (Å²) in [6, 6.07) is 17.8. The lowest BCUT2D eigenvalue weighted by Crippen LogP contribution is -2.49. The number of amides is 1. The van der Waals surface area contributed by atoms with E-state index in [9.17, 15) is 18.3 Å². The van der Waals surface area contributed by atoms with Crippen LogP contribution in [0, 0.1) is 5.92 Å². The zero-order valence-corrected chi connectivity index (χ0v) is 17.7. The maximum atomic E-state index is 13.5. The SMILES string of the molecule is O=C(C1CCC(c2ccccc2)N(S(=O)(=O)c2ccccc2)C1)N1CCC(O)CC1. The minimum atomic E-state index is -3.74. The van der Waals surface area contributed by atoms with Crippen LogP contribution in [-0.2, 0) is 14.8 Å². The van der Waals surface area contributed by atoms with Crippen LogP contribution in [0.5, 0.6) is 0 Å². The second-order valence-corrected chi connectivity index (χ2v) is 10.0. The number of aliphatic hydroxyl groups excluding tert-OH is 1. The normalized spacial score (nSPS) is 24.0. The Bertz CT molecular complexity index is 957. The van der Waals surface area contributed by atoms with E-state index in [-0.39, 0.29) is 35.4 Å². The molecule has 0 bridgehead atoms. The fourth-order valence-corrected chi connectivity index (χ4v) is 6.20. The molecule has 2 aliphatic heterocycles. The third-order valence-electron chi connectivity index (χ3n) is 6.20. The van der Waals surface area contributed by atoms with Gasteiger partial charge in [0.15, 0.2) is 0 Å². The number of piperidine rings is 2. The smallest absolute Gasteiger partial charge is 0.243 e. The Morgan fingerprint density at radius 3 is 2.10 bits per heavy atom. The third kappa shape index (κ3) is 4.29. The zero-order chi connectivity index (χ0) is 21.1. The zero-order valence-electron chi connectivity index (χ0n) is 16.9. The topological polar surface area (TPSA) is 77.9 Å². The van der Waals surface area contributed by atoms with Crippen LogP contribution in [0.15, 0.2) is 65.6 Å². The number of hydrogen-bond donors (Lipinski definition) is 1. The van der Waals surface area contributed by atoms with Crippen LogP contribution in [0.2, 0.25) is 0 Å². The largest absolute Gasteiger partial charge is 0.393 e. The summed E-state index contributed by atoms with van der Waals surface area (Å²) >= 11 is 0. The number of likely N-dealkylation sites (tertiary alicyclic amines) is 1. The standard InChI is InChI=1S/C23H28N2O4S/c26-20-13-15-24(16-14-20)23(27)19-11-12-22(18-7-3-1-4-8-18)25(17-19)30(28,29)21-9-5-2-6-10-21/h1-10,19-20,22,26H,11-17H2. The number of carbonyl (C=O) groups excluding carboxylic acids is 1. The van der Waals surface area contributed by atoms with Gasteiger partial charge in [-0.2, -0.15) is 4.31 Å². The molecule has 2 unspecified atom stereocenters. The fourth-order valence-electron chi connectivity index (χ4n) is 4.49. The lowest BCUT2D eigenvalue weighted by atomic mass is 9.89. The molecular weight excluding hydrogens is 400 g/mol. The maximum absolute atomic E-state index is 13.5. The number of rotatable bonds is 4. The van der Waals surface area contributed by atoms with Crippen molar-refractivity contribution < 1.29 is 18.3 Å². The van der Waals surface area contributed by atoms with Gasteiger partial charge in [-0.25, -0.2) is 8.42 Å². The van der Waals surface area contributed by atoms with Crippen LogP contribution in [0.4, 0.5) is 0 Å². The highest BCUT2D eigenvalue weighted by atomic mass is 32.2. The first-order valence-corrected chi connectivity index (χ1v) is 12.0. The predicted octanol–water partition coefficient (Wildman–Crippen LogP) is 2.81. The molecule has 6 nitrogen and oxygen atoms in total. The van der Waals surface area contributed by atoms with E-state index in [1.165, 1.54) is 4.31 Å². The molecule has 2 aliphatic rings. The summed E-state index contributed by atoms with van der Waals surface area (Å²) in [6.07, 6.45) is 2.06. The average molecular weight is 429 g/mol. The van der Waals surface area contributed by atoms with Gasteiger partial charge in [0, 0.05) is 19.6 Å². The minimum absolute atomic E-state index is 0.00155. The molecule has 160 valence electrons. The molecule has 2 aromatic carbocycles. The first-order valence-electron chi connectivity index (χ1n) is 10.6. The Morgan fingerprint density at radius 1 is 0.867 bits per heavy atom. The monoisotopic (exact) mass is 428 g/mol. The van der Waals surface area contributed by atoms with Gasteiger partial charge in [-0.05, 0) is 43.4 Å². The Morgan fingerprint density at radius 2 is 1.47 bits per heavy atom. The van der Waals surface area contributed by atoms with Crippen molar-refractivity contribution in [1.82, 2.24) is 9.21 Å². The van der Waals surface area contributed by atoms with Crippen LogP contribution in [0.1, 0.15) is 37.3 Å². The van der Waals surface area contributed by atoms with E-state index in [2.05, 4.69) is 0 Å². The number of nitrogens with zero attached hydrogens (tertiary/aromatic N) is 2. The van der Waals surface area contributed by atoms with E-state index in [1.807, 2.05) is 30.3 Å². The minimum Gasteiger partial charge on any atom is -0.393 e. The molecule has 0 aliphatic carbocycles. The molecule has 0 saturated carbocycles. The highest BCUT2D eigenvalue weighted by Crippen LogP contribution is 2.38. The quantitative estimate of drug-likeness (QED) is 0.812. The van der Waals surface area contributed by atoms with E-state index >= 15 is 0 Å². The number of benzene rings is 2. The van der Waals surface area contributed by atoms with Gasteiger partial charge >= 0.3 is 0 Å². The molecule has 0 radical (unpaired) electrons. The molecule has 2 aromatic rings. The Kier molecular flexibility index (Phi) is 6.22. The van der Waals surface area contributed by atoms with Crippen LogP contribution < -0.4 is 0 Å². The Hall–Kier alpha value is -2.22. The van der Waals surface area contributed by atoms with Crippen molar-refractivity contribution in [2.24, 2.45) is 5.92 Å². The van der Waals surface area contributed by atoms with Gasteiger partial charge in [-0.15, -0.1) is 0 Å². The fraction of sp³-hybridized carbons (Fsp3) is 0.435. The summed E-state index contributed by atoms with van der Waals surface area (Å²) in [5.74, 6) is -0.361. The van der Waals surface area contributed by atoms with Crippen LogP contribution in [0.3, 0.4) is 0 Å². The number of carbonyl (C=O) groups is 1. The average Bonchev–Trinajstić information content (AvgIpc) is 2.80. The lowest BCUT2D eigenvalue weighted by molar-refractivity contribution is -0.139. The summed E-state index contributed by atoms with van der Waals surface area (Å²) in [6.45, 7) is 1.24. The highest BCUT2D eigenvalue weighted by molar-refractivity contribution is 7.89. The second-order valence-electron chi connectivity index (χ2n) is 8.14. The van der Waals surface area contributed by atoms with Gasteiger partial charge < -0.3 is 10.0 Å². The van der Waals surface area contributed by atoms with Crippen molar-refractivity contribution in [2.75, 3.05) is 19.6 Å². The Labute approximate surface area is 178 Å². The molecular formula is C23H28N2O4S. The van der Waals surface area contributed by atoms with Crippen molar-refractivity contribution in [3.05, 3.63) is 66.2 Å². The van der Waals surface area contributed by atoms with Gasteiger partial charge in [-0.3, -0.25) is 4.79 Å². The third-order valence-corrected chi connectivity index (χ3v) is 8.08. The van der Waals surface area contributed by atoms with E-state index in [0.29, 0.717) is 38.8 Å². The molecule has 7 heteroatoms. The van der Waals surface area contributed by atoms with Crippen LogP contribution >= 0.6 is 0 Å². The first-order chi connectivity index (χ1) is 14.5. The number of aliphatic hydroxyl groups is 1. The molecule has 1 N–H and O–H groups in total. The summed E-state index contributed by atoms with van der Waals surface area (Å²) in [5, 5.41) is 9.73. The van der Waals surface area contributed by atoms with E-state index < -0.39 is 10.0 Å². The van der Waals surface area contributed by atoms with Crippen molar-refractivity contribution >= 4 is 15.9 Å². The number of sulfonamides is 1. The van der Waals surface area contributed by atoms with Gasteiger partial charge in [0.1, 0.15) is 0 Å². The molecule has 30 heavy (non-hydrogen) atoms. The first kappa shape index (κ1) is 21.0. The second kappa shape index (κ2) is 8.88. The van der Waals surface area contributed by atoms with Crippen LogP contribution in [-0.4, -0.2) is 54.4 Å². The van der Waals surface area contributed by atoms with E-state index in [4.69, 9.17) is 0 Å². The summed E-state index contributed by atoms with van der Waals surface area (Å²) < 4.78 is 28.6. The van der Waals surface area contributed by atoms with Crippen molar-refractivity contribution in [1.29, 1.82) is 0 Å². The Balaban J connectivity index is 1.62. The maximum Gasteiger partial charge on any atom is 0.243 e. The molecule has 4 rings (SSSR count). The molecule has 2 fully saturated rings. The lowest BCUT2D eigenvalue weighted by Gasteiger charge is -2.40. The van der Waals surface area contributed by atoms with Crippen molar-refractivity contribution in [2.45, 2.75) is 42.7 Å². The summed E-state index contributed by atoms with van der Waals surface area (Å²) in [4.78, 5) is 15.2. The van der Waals surface area contributed by atoms with Gasteiger partial charge in [0.25, 0.3) is 0 Å². The van der Waals surface area contributed by atoms with E-state index in [1.54, 1.807) is 35.2 Å². The molecule has 0 spiro atoms. The predicted molar refractivity (Wildman–Crippen MR) is 114 cm³/mol. The molecule has 2 atom stereocenters. The van der Waals surface area contributed by atoms with Crippen LogP contribution in [0.25, 0.3) is 0 Å². The highest BCUT2D eigenvalue weighted by Gasteiger charge is 2.41. The molecule has 2 saturated heterocycles. The van der Waals surface area contributed by atoms with Crippen molar-refractivity contribution in [3.8, 4) is 0 Å². The van der Waals surface area contributed by atoms with E-state index in [0.717, 1.165) is 5.56 Å². The number of hydrogen-bond acceptors (Lipinski definition) is 4. The molecule has 0 aromatic heterocycles. The van der Waals surface area contributed by atoms with Crippen molar-refractivity contribution in [3.63, 3.8) is 0 Å². The molecule has 1 amide bonds. The molecule has 2 heterocycles.